The number of rotatable bonds is 12. The van der Waals surface area contributed by atoms with Crippen LogP contribution in [0.3, 0.4) is 0 Å². The molecule has 0 unspecified atom stereocenters. The molecule has 0 aliphatic rings. The molecule has 0 aliphatic carbocycles. The van der Waals surface area contributed by atoms with Gasteiger partial charge in [-0.1, -0.05) is 90.6 Å². The van der Waals surface area contributed by atoms with Crippen LogP contribution in [0.25, 0.3) is 0 Å². The zero-order valence-electron chi connectivity index (χ0n) is 21.6. The number of benzene rings is 3. The van der Waals surface area contributed by atoms with Crippen LogP contribution in [0.4, 0.5) is 0 Å². The van der Waals surface area contributed by atoms with E-state index in [-0.39, 0.29) is 25.0 Å². The van der Waals surface area contributed by atoms with Gasteiger partial charge in [0, 0.05) is 35.1 Å². The number of nitrogens with zero attached hydrogens (tertiary/aromatic N) is 1. The fourth-order valence-corrected chi connectivity index (χ4v) is 4.61. The lowest BCUT2D eigenvalue weighted by atomic mass is 10.0. The molecule has 2 amide bonds. The average Bonchev–Trinajstić information content (AvgIpc) is 2.87. The van der Waals surface area contributed by atoms with Crippen molar-refractivity contribution in [2.24, 2.45) is 0 Å². The third kappa shape index (κ3) is 8.24. The molecule has 1 atom stereocenters. The van der Waals surface area contributed by atoms with Crippen molar-refractivity contribution in [3.63, 3.8) is 0 Å². The third-order valence-corrected chi connectivity index (χ3v) is 6.88. The Morgan fingerprint density at radius 3 is 2.32 bits per heavy atom. The largest absolute Gasteiger partial charge is 0.483 e. The molecule has 0 saturated carbocycles. The van der Waals surface area contributed by atoms with E-state index in [1.54, 1.807) is 18.2 Å². The van der Waals surface area contributed by atoms with E-state index in [2.05, 4.69) is 12.2 Å². The summed E-state index contributed by atoms with van der Waals surface area (Å²) in [6, 6.07) is 19.9. The molecule has 0 spiro atoms. The molecule has 3 rings (SSSR count). The van der Waals surface area contributed by atoms with Gasteiger partial charge in [0.2, 0.25) is 5.91 Å². The highest BCUT2D eigenvalue weighted by Gasteiger charge is 2.31. The van der Waals surface area contributed by atoms with E-state index in [9.17, 15) is 9.59 Å². The van der Waals surface area contributed by atoms with Crippen LogP contribution < -0.4 is 10.1 Å². The van der Waals surface area contributed by atoms with E-state index in [4.69, 9.17) is 27.9 Å². The first kappa shape index (κ1) is 28.5. The van der Waals surface area contributed by atoms with Gasteiger partial charge < -0.3 is 15.0 Å². The maximum Gasteiger partial charge on any atom is 0.261 e. The normalized spacial score (nSPS) is 11.6. The van der Waals surface area contributed by atoms with Crippen molar-refractivity contribution in [3.05, 3.63) is 99.0 Å². The lowest BCUT2D eigenvalue weighted by Crippen LogP contribution is -2.52. The quantitative estimate of drug-likeness (QED) is 0.265. The van der Waals surface area contributed by atoms with E-state index < -0.39 is 6.04 Å². The van der Waals surface area contributed by atoms with Gasteiger partial charge in [0.15, 0.2) is 6.61 Å². The number of amides is 2. The Hall–Kier alpha value is -3.02. The molecular formula is C30H34Cl2N2O3. The molecule has 7 heteroatoms. The second-order valence-electron chi connectivity index (χ2n) is 9.13. The fourth-order valence-electron chi connectivity index (χ4n) is 4.10. The topological polar surface area (TPSA) is 58.6 Å². The summed E-state index contributed by atoms with van der Waals surface area (Å²) in [4.78, 5) is 28.7. The predicted octanol–water partition coefficient (Wildman–Crippen LogP) is 6.55. The molecule has 37 heavy (non-hydrogen) atoms. The number of carbonyl (C=O) groups is 2. The summed E-state index contributed by atoms with van der Waals surface area (Å²) in [5, 5.41) is 3.88. The Morgan fingerprint density at radius 2 is 1.68 bits per heavy atom. The van der Waals surface area contributed by atoms with Crippen LogP contribution in [0.1, 0.15) is 42.0 Å². The van der Waals surface area contributed by atoms with Gasteiger partial charge in [0.1, 0.15) is 11.8 Å². The lowest BCUT2D eigenvalue weighted by molar-refractivity contribution is -0.142. The van der Waals surface area contributed by atoms with Crippen LogP contribution >= 0.6 is 23.2 Å². The molecular weight excluding hydrogens is 507 g/mol. The first-order valence-corrected chi connectivity index (χ1v) is 13.3. The number of hydrogen-bond acceptors (Lipinski definition) is 3. The number of hydrogen-bond donors (Lipinski definition) is 1. The molecule has 5 nitrogen and oxygen atoms in total. The van der Waals surface area contributed by atoms with Crippen molar-refractivity contribution >= 4 is 35.0 Å². The second kappa shape index (κ2) is 14.1. The number of ether oxygens (including phenoxy) is 1. The summed E-state index contributed by atoms with van der Waals surface area (Å²) in [6.45, 7) is 6.39. The number of aryl methyl sites for hydroxylation is 2. The maximum atomic E-state index is 13.7. The van der Waals surface area contributed by atoms with Crippen molar-refractivity contribution in [3.8, 4) is 5.75 Å². The maximum absolute atomic E-state index is 13.7. The fraction of sp³-hybridized carbons (Fsp3) is 0.333. The number of carbonyl (C=O) groups excluding carboxylic acids is 2. The van der Waals surface area contributed by atoms with Gasteiger partial charge >= 0.3 is 0 Å². The third-order valence-electron chi connectivity index (χ3n) is 6.17. The number of halogens is 2. The van der Waals surface area contributed by atoms with Crippen LogP contribution in [-0.4, -0.2) is 35.9 Å². The summed E-state index contributed by atoms with van der Waals surface area (Å²) in [5.74, 6) is 0.0737. The van der Waals surface area contributed by atoms with Gasteiger partial charge in [0.25, 0.3) is 5.91 Å². The van der Waals surface area contributed by atoms with Crippen molar-refractivity contribution < 1.29 is 14.3 Å². The number of nitrogens with one attached hydrogen (secondary N) is 1. The van der Waals surface area contributed by atoms with E-state index in [0.717, 1.165) is 29.5 Å². The monoisotopic (exact) mass is 540 g/mol. The van der Waals surface area contributed by atoms with Gasteiger partial charge in [-0.05, 0) is 49.6 Å². The minimum atomic E-state index is -0.776. The van der Waals surface area contributed by atoms with Crippen LogP contribution in [-0.2, 0) is 22.6 Å². The van der Waals surface area contributed by atoms with E-state index in [0.29, 0.717) is 34.3 Å². The highest BCUT2D eigenvalue weighted by Crippen LogP contribution is 2.27. The van der Waals surface area contributed by atoms with E-state index in [1.807, 2.05) is 62.4 Å². The Kier molecular flexibility index (Phi) is 10.8. The first-order chi connectivity index (χ1) is 17.8. The zero-order valence-corrected chi connectivity index (χ0v) is 23.1. The smallest absolute Gasteiger partial charge is 0.261 e. The van der Waals surface area contributed by atoms with Gasteiger partial charge in [-0.25, -0.2) is 0 Å². The van der Waals surface area contributed by atoms with Gasteiger partial charge in [-0.3, -0.25) is 9.59 Å². The Labute approximate surface area is 229 Å². The van der Waals surface area contributed by atoms with Gasteiger partial charge in [0.05, 0.1) is 0 Å². The molecule has 3 aromatic carbocycles. The highest BCUT2D eigenvalue weighted by molar-refractivity contribution is 6.36. The lowest BCUT2D eigenvalue weighted by Gasteiger charge is -2.32. The Balaban J connectivity index is 1.94. The van der Waals surface area contributed by atoms with Crippen LogP contribution in [0.15, 0.2) is 66.7 Å². The molecule has 0 heterocycles. The summed E-state index contributed by atoms with van der Waals surface area (Å²) in [6.07, 6.45) is 2.14. The molecule has 1 N–H and O–H groups in total. The Bertz CT molecular complexity index is 1180. The molecule has 0 radical (unpaired) electrons. The van der Waals surface area contributed by atoms with Crippen molar-refractivity contribution in [2.75, 3.05) is 13.2 Å². The molecule has 3 aromatic rings. The summed E-state index contributed by atoms with van der Waals surface area (Å²) in [7, 11) is 0. The summed E-state index contributed by atoms with van der Waals surface area (Å²) in [5.41, 5.74) is 3.58. The van der Waals surface area contributed by atoms with E-state index >= 15 is 0 Å². The van der Waals surface area contributed by atoms with Crippen molar-refractivity contribution in [1.29, 1.82) is 0 Å². The predicted molar refractivity (Wildman–Crippen MR) is 150 cm³/mol. The van der Waals surface area contributed by atoms with Crippen LogP contribution in [0, 0.1) is 13.8 Å². The molecule has 196 valence electrons. The molecule has 0 saturated heterocycles. The Morgan fingerprint density at radius 1 is 0.973 bits per heavy atom. The first-order valence-electron chi connectivity index (χ1n) is 12.5. The average molecular weight is 542 g/mol. The molecule has 0 bridgehead atoms. The summed E-state index contributed by atoms with van der Waals surface area (Å²) >= 11 is 13.0. The zero-order chi connectivity index (χ0) is 26.8. The van der Waals surface area contributed by atoms with Crippen molar-refractivity contribution in [2.45, 2.75) is 52.6 Å². The molecule has 0 fully saturated rings. The highest BCUT2D eigenvalue weighted by atomic mass is 35.5. The molecule has 0 aliphatic heterocycles. The van der Waals surface area contributed by atoms with Crippen LogP contribution in [0.2, 0.25) is 10.0 Å². The number of unbranched alkanes of at least 4 members (excludes halogenated alkanes) is 1. The standard InChI is InChI=1S/C30H34Cl2N2O3/c1-4-5-16-33-30(36)27(18-23-10-7-6-8-11-23)34(19-24-25(31)12-9-13-26(24)32)29(35)20-37-28-15-14-21(2)17-22(28)3/h6-15,17,27H,4-5,16,18-20H2,1-3H3,(H,33,36)/t27-/m0/s1. The van der Waals surface area contributed by atoms with Gasteiger partial charge in [-0.2, -0.15) is 0 Å². The van der Waals surface area contributed by atoms with Crippen LogP contribution in [0.5, 0.6) is 5.75 Å². The SMILES string of the molecule is CCCCNC(=O)[C@H](Cc1ccccc1)N(Cc1c(Cl)cccc1Cl)C(=O)COc1ccc(C)cc1C. The molecule has 0 aromatic heterocycles. The summed E-state index contributed by atoms with van der Waals surface area (Å²) < 4.78 is 5.92. The minimum absolute atomic E-state index is 0.0757. The van der Waals surface area contributed by atoms with Gasteiger partial charge in [-0.15, -0.1) is 0 Å². The van der Waals surface area contributed by atoms with Crippen molar-refractivity contribution in [1.82, 2.24) is 10.2 Å². The minimum Gasteiger partial charge on any atom is -0.483 e. The second-order valence-corrected chi connectivity index (χ2v) is 9.94. The van der Waals surface area contributed by atoms with E-state index in [1.165, 1.54) is 4.90 Å².